The van der Waals surface area contributed by atoms with Gasteiger partial charge in [-0.25, -0.2) is 4.79 Å². The second-order valence-electron chi connectivity index (χ2n) is 5.35. The van der Waals surface area contributed by atoms with Crippen molar-refractivity contribution in [3.8, 4) is 0 Å². The Kier molecular flexibility index (Phi) is 6.21. The molecule has 0 aromatic heterocycles. The maximum atomic E-state index is 11.9. The summed E-state index contributed by atoms with van der Waals surface area (Å²) in [7, 11) is 0. The molecule has 1 aliphatic rings. The molecule has 1 fully saturated rings. The Morgan fingerprint density at radius 1 is 1.23 bits per heavy atom. The molecule has 0 saturated carbocycles. The number of hydrogen-bond acceptors (Lipinski definition) is 4. The van der Waals surface area contributed by atoms with E-state index in [1.54, 1.807) is 4.90 Å². The molecule has 0 bridgehead atoms. The van der Waals surface area contributed by atoms with Gasteiger partial charge < -0.3 is 20.1 Å². The quantitative estimate of drug-likeness (QED) is 0.859. The van der Waals surface area contributed by atoms with Crippen molar-refractivity contribution in [2.75, 3.05) is 19.6 Å². The number of piperidine rings is 1. The van der Waals surface area contributed by atoms with Gasteiger partial charge in [0.15, 0.2) is 0 Å². The third kappa shape index (κ3) is 5.37. The summed E-state index contributed by atoms with van der Waals surface area (Å²) in [5.74, 6) is -0.00439. The number of amides is 2. The highest BCUT2D eigenvalue weighted by Crippen LogP contribution is 2.10. The van der Waals surface area contributed by atoms with E-state index in [9.17, 15) is 14.7 Å². The van der Waals surface area contributed by atoms with Crippen LogP contribution in [0.5, 0.6) is 0 Å². The van der Waals surface area contributed by atoms with Gasteiger partial charge in [-0.2, -0.15) is 0 Å². The number of nitrogens with zero attached hydrogens (tertiary/aromatic N) is 1. The zero-order valence-electron chi connectivity index (χ0n) is 12.5. The first kappa shape index (κ1) is 16.3. The van der Waals surface area contributed by atoms with Crippen LogP contribution in [0.4, 0.5) is 4.79 Å². The second-order valence-corrected chi connectivity index (χ2v) is 5.35. The molecule has 2 rings (SSSR count). The zero-order valence-corrected chi connectivity index (χ0v) is 12.5. The van der Waals surface area contributed by atoms with E-state index in [0.717, 1.165) is 5.56 Å². The van der Waals surface area contributed by atoms with Crippen LogP contribution in [0.25, 0.3) is 0 Å². The minimum absolute atomic E-state index is 0.00439. The van der Waals surface area contributed by atoms with E-state index in [2.05, 4.69) is 5.32 Å². The number of hydrogen-bond donors (Lipinski definition) is 2. The van der Waals surface area contributed by atoms with Crippen LogP contribution in [0.2, 0.25) is 0 Å². The molecule has 1 aromatic rings. The third-order valence-corrected chi connectivity index (χ3v) is 3.64. The van der Waals surface area contributed by atoms with E-state index < -0.39 is 6.09 Å². The monoisotopic (exact) mass is 306 g/mol. The maximum absolute atomic E-state index is 11.9. The van der Waals surface area contributed by atoms with E-state index in [-0.39, 0.29) is 31.6 Å². The molecule has 6 nitrogen and oxygen atoms in total. The number of alkyl carbamates (subject to hydrolysis) is 1. The first-order chi connectivity index (χ1) is 10.6. The van der Waals surface area contributed by atoms with Gasteiger partial charge in [-0.15, -0.1) is 0 Å². The molecule has 1 aromatic carbocycles. The molecule has 22 heavy (non-hydrogen) atoms. The van der Waals surface area contributed by atoms with Gasteiger partial charge in [0.2, 0.25) is 5.91 Å². The van der Waals surface area contributed by atoms with Crippen molar-refractivity contribution >= 4 is 12.0 Å². The van der Waals surface area contributed by atoms with Gasteiger partial charge >= 0.3 is 6.09 Å². The molecule has 0 aliphatic carbocycles. The van der Waals surface area contributed by atoms with Crippen LogP contribution in [0, 0.1) is 0 Å². The van der Waals surface area contributed by atoms with Crippen LogP contribution in [0.1, 0.15) is 24.8 Å². The van der Waals surface area contributed by atoms with Crippen LogP contribution >= 0.6 is 0 Å². The van der Waals surface area contributed by atoms with Crippen LogP contribution in [-0.4, -0.2) is 47.7 Å². The van der Waals surface area contributed by atoms with Gasteiger partial charge in [-0.1, -0.05) is 30.3 Å². The summed E-state index contributed by atoms with van der Waals surface area (Å²) in [6.45, 7) is 1.63. The van der Waals surface area contributed by atoms with E-state index in [4.69, 9.17) is 4.74 Å². The standard InChI is InChI=1S/C16H22N2O4/c19-14-7-10-18(11-8-14)15(20)6-9-17-16(21)22-12-13-4-2-1-3-5-13/h1-5,14,19H,6-12H2,(H,17,21). The van der Waals surface area contributed by atoms with Crippen molar-refractivity contribution in [3.63, 3.8) is 0 Å². The predicted molar refractivity (Wildman–Crippen MR) is 81.1 cm³/mol. The first-order valence-corrected chi connectivity index (χ1v) is 7.55. The Morgan fingerprint density at radius 2 is 1.91 bits per heavy atom. The number of ether oxygens (including phenoxy) is 1. The molecule has 2 N–H and O–H groups in total. The van der Waals surface area contributed by atoms with Gasteiger partial charge in [-0.05, 0) is 18.4 Å². The summed E-state index contributed by atoms with van der Waals surface area (Å²) < 4.78 is 5.06. The van der Waals surface area contributed by atoms with E-state index in [1.165, 1.54) is 0 Å². The minimum Gasteiger partial charge on any atom is -0.445 e. The molecule has 0 spiro atoms. The summed E-state index contributed by atoms with van der Waals surface area (Å²) >= 11 is 0. The molecular weight excluding hydrogens is 284 g/mol. The number of benzene rings is 1. The van der Waals surface area contributed by atoms with E-state index >= 15 is 0 Å². The molecule has 1 aliphatic heterocycles. The van der Waals surface area contributed by atoms with Crippen molar-refractivity contribution < 1.29 is 19.4 Å². The predicted octanol–water partition coefficient (Wildman–Crippen LogP) is 1.29. The Balaban J connectivity index is 1.59. The fraction of sp³-hybridized carbons (Fsp3) is 0.500. The zero-order chi connectivity index (χ0) is 15.8. The Bertz CT molecular complexity index is 484. The molecule has 0 radical (unpaired) electrons. The first-order valence-electron chi connectivity index (χ1n) is 7.55. The fourth-order valence-corrected chi connectivity index (χ4v) is 2.32. The van der Waals surface area contributed by atoms with Gasteiger partial charge in [0.25, 0.3) is 0 Å². The van der Waals surface area contributed by atoms with Crippen molar-refractivity contribution in [2.45, 2.75) is 32.0 Å². The summed E-state index contributed by atoms with van der Waals surface area (Å²) in [6, 6.07) is 9.41. The summed E-state index contributed by atoms with van der Waals surface area (Å²) in [6.07, 6.45) is 0.675. The molecule has 120 valence electrons. The lowest BCUT2D eigenvalue weighted by molar-refractivity contribution is -0.133. The average molecular weight is 306 g/mol. The van der Waals surface area contributed by atoms with Gasteiger partial charge in [-0.3, -0.25) is 4.79 Å². The molecule has 1 saturated heterocycles. The normalized spacial score (nSPS) is 15.4. The number of rotatable bonds is 5. The molecule has 0 atom stereocenters. The van der Waals surface area contributed by atoms with E-state index in [1.807, 2.05) is 30.3 Å². The molecule has 0 unspecified atom stereocenters. The van der Waals surface area contributed by atoms with Crippen molar-refractivity contribution in [2.24, 2.45) is 0 Å². The largest absolute Gasteiger partial charge is 0.445 e. The van der Waals surface area contributed by atoms with Gasteiger partial charge in [0, 0.05) is 26.1 Å². The number of carbonyl (C=O) groups is 2. The van der Waals surface area contributed by atoms with Crippen LogP contribution in [0.3, 0.4) is 0 Å². The Labute approximate surface area is 130 Å². The summed E-state index contributed by atoms with van der Waals surface area (Å²) in [4.78, 5) is 25.2. The van der Waals surface area contributed by atoms with Crippen LogP contribution < -0.4 is 5.32 Å². The minimum atomic E-state index is -0.522. The maximum Gasteiger partial charge on any atom is 0.407 e. The number of aliphatic hydroxyl groups is 1. The smallest absolute Gasteiger partial charge is 0.407 e. The van der Waals surface area contributed by atoms with Crippen molar-refractivity contribution in [3.05, 3.63) is 35.9 Å². The van der Waals surface area contributed by atoms with Crippen molar-refractivity contribution in [1.29, 1.82) is 0 Å². The molecule has 1 heterocycles. The number of likely N-dealkylation sites (tertiary alicyclic amines) is 1. The lowest BCUT2D eigenvalue weighted by Crippen LogP contribution is -2.41. The summed E-state index contributed by atoms with van der Waals surface area (Å²) in [5, 5.41) is 12.0. The SMILES string of the molecule is O=C(NCCC(=O)N1CCC(O)CC1)OCc1ccccc1. The Morgan fingerprint density at radius 3 is 2.59 bits per heavy atom. The second kappa shape index (κ2) is 8.38. The summed E-state index contributed by atoms with van der Waals surface area (Å²) in [5.41, 5.74) is 0.917. The van der Waals surface area contributed by atoms with Gasteiger partial charge in [0.1, 0.15) is 6.61 Å². The number of nitrogens with one attached hydrogen (secondary N) is 1. The Hall–Kier alpha value is -2.08. The van der Waals surface area contributed by atoms with Crippen LogP contribution in [-0.2, 0) is 16.1 Å². The highest BCUT2D eigenvalue weighted by Gasteiger charge is 2.20. The lowest BCUT2D eigenvalue weighted by Gasteiger charge is -2.29. The van der Waals surface area contributed by atoms with Gasteiger partial charge in [0.05, 0.1) is 6.10 Å². The number of carbonyl (C=O) groups excluding carboxylic acids is 2. The number of aliphatic hydroxyl groups excluding tert-OH is 1. The highest BCUT2D eigenvalue weighted by atomic mass is 16.5. The van der Waals surface area contributed by atoms with Crippen LogP contribution in [0.15, 0.2) is 30.3 Å². The molecule has 6 heteroatoms. The molecular formula is C16H22N2O4. The fourth-order valence-electron chi connectivity index (χ4n) is 2.32. The van der Waals surface area contributed by atoms with Crippen molar-refractivity contribution in [1.82, 2.24) is 10.2 Å². The highest BCUT2D eigenvalue weighted by molar-refractivity contribution is 5.77. The average Bonchev–Trinajstić information content (AvgIpc) is 2.54. The van der Waals surface area contributed by atoms with E-state index in [0.29, 0.717) is 25.9 Å². The topological polar surface area (TPSA) is 78.9 Å². The third-order valence-electron chi connectivity index (χ3n) is 3.64. The molecule has 2 amide bonds. The lowest BCUT2D eigenvalue weighted by atomic mass is 10.1.